The Bertz CT molecular complexity index is 278. The van der Waals surface area contributed by atoms with E-state index in [2.05, 4.69) is 10.1 Å². The van der Waals surface area contributed by atoms with Gasteiger partial charge in [-0.2, -0.15) is 0 Å². The van der Waals surface area contributed by atoms with Gasteiger partial charge in [0, 0.05) is 12.1 Å². The predicted molar refractivity (Wildman–Crippen MR) is 60.0 cm³/mol. The predicted octanol–water partition coefficient (Wildman–Crippen LogP) is 1.63. The van der Waals surface area contributed by atoms with Crippen molar-refractivity contribution >= 4 is 12.1 Å². The van der Waals surface area contributed by atoms with Gasteiger partial charge in [0.15, 0.2) is 0 Å². The lowest BCUT2D eigenvalue weighted by atomic mass is 10.2. The zero-order chi connectivity index (χ0) is 12.8. The lowest BCUT2D eigenvalue weighted by molar-refractivity contribution is -0.134. The second kappa shape index (κ2) is 6.15. The Labute approximate surface area is 95.8 Å². The van der Waals surface area contributed by atoms with E-state index in [0.717, 1.165) is 0 Å². The third-order valence-corrected chi connectivity index (χ3v) is 1.47. The van der Waals surface area contributed by atoms with Crippen LogP contribution in [0.15, 0.2) is 12.2 Å². The molecule has 1 unspecified atom stereocenters. The number of rotatable bonds is 3. The fourth-order valence-corrected chi connectivity index (χ4v) is 0.833. The number of methoxy groups -OCH3 is 1. The molecule has 1 atom stereocenters. The molecule has 0 spiro atoms. The number of hydrogen-bond acceptors (Lipinski definition) is 4. The fraction of sp³-hybridized carbons (Fsp3) is 0.636. The van der Waals surface area contributed by atoms with Crippen LogP contribution in [0.1, 0.15) is 27.7 Å². The van der Waals surface area contributed by atoms with E-state index in [0.29, 0.717) is 0 Å². The highest BCUT2D eigenvalue weighted by atomic mass is 16.6. The van der Waals surface area contributed by atoms with E-state index in [4.69, 9.17) is 4.74 Å². The van der Waals surface area contributed by atoms with Crippen LogP contribution in [0.5, 0.6) is 0 Å². The van der Waals surface area contributed by atoms with Gasteiger partial charge in [0.1, 0.15) is 5.60 Å². The van der Waals surface area contributed by atoms with Crippen molar-refractivity contribution in [1.82, 2.24) is 5.32 Å². The summed E-state index contributed by atoms with van der Waals surface area (Å²) >= 11 is 0. The van der Waals surface area contributed by atoms with E-state index in [-0.39, 0.29) is 6.04 Å². The first kappa shape index (κ1) is 14.5. The molecule has 0 bridgehead atoms. The van der Waals surface area contributed by atoms with Crippen molar-refractivity contribution in [2.24, 2.45) is 0 Å². The smallest absolute Gasteiger partial charge is 0.408 e. The third-order valence-electron chi connectivity index (χ3n) is 1.47. The van der Waals surface area contributed by atoms with Gasteiger partial charge < -0.3 is 14.8 Å². The summed E-state index contributed by atoms with van der Waals surface area (Å²) in [6, 6.07) is -0.297. The molecular weight excluding hydrogens is 210 g/mol. The SMILES string of the molecule is COC(=O)/C=C/C(C)NC(=O)OC(C)(C)C. The Hall–Kier alpha value is -1.52. The van der Waals surface area contributed by atoms with Crippen LogP contribution in [-0.4, -0.2) is 30.8 Å². The molecule has 5 heteroatoms. The van der Waals surface area contributed by atoms with Crippen LogP contribution in [0.4, 0.5) is 4.79 Å². The minimum Gasteiger partial charge on any atom is -0.466 e. The quantitative estimate of drug-likeness (QED) is 0.590. The molecule has 0 heterocycles. The summed E-state index contributed by atoms with van der Waals surface area (Å²) in [7, 11) is 1.29. The summed E-state index contributed by atoms with van der Waals surface area (Å²) in [5.74, 6) is -0.460. The van der Waals surface area contributed by atoms with Gasteiger partial charge in [-0.3, -0.25) is 0 Å². The van der Waals surface area contributed by atoms with Crippen LogP contribution < -0.4 is 5.32 Å². The van der Waals surface area contributed by atoms with Crippen molar-refractivity contribution < 1.29 is 19.1 Å². The number of hydrogen-bond donors (Lipinski definition) is 1. The highest BCUT2D eigenvalue weighted by Crippen LogP contribution is 2.06. The van der Waals surface area contributed by atoms with Crippen LogP contribution in [0, 0.1) is 0 Å². The number of carbonyl (C=O) groups excluding carboxylic acids is 2. The van der Waals surface area contributed by atoms with Crippen molar-refractivity contribution in [1.29, 1.82) is 0 Å². The number of carbonyl (C=O) groups is 2. The highest BCUT2D eigenvalue weighted by Gasteiger charge is 2.16. The van der Waals surface area contributed by atoms with E-state index in [1.165, 1.54) is 19.3 Å². The minimum atomic E-state index is -0.532. The Kier molecular flexibility index (Phi) is 5.56. The van der Waals surface area contributed by atoms with Crippen molar-refractivity contribution in [3.05, 3.63) is 12.2 Å². The summed E-state index contributed by atoms with van der Waals surface area (Å²) in [5.41, 5.74) is -0.532. The number of alkyl carbamates (subject to hydrolysis) is 1. The first-order chi connectivity index (χ1) is 7.24. The molecule has 0 saturated carbocycles. The standard InChI is InChI=1S/C11H19NO4/c1-8(6-7-9(13)15-5)12-10(14)16-11(2,3)4/h6-8H,1-5H3,(H,12,14)/b7-6+. The van der Waals surface area contributed by atoms with E-state index in [1.807, 2.05) is 0 Å². The molecule has 92 valence electrons. The number of nitrogens with one attached hydrogen (secondary N) is 1. The third kappa shape index (κ3) is 7.84. The van der Waals surface area contributed by atoms with Gasteiger partial charge in [0.2, 0.25) is 0 Å². The second-order valence-electron chi connectivity index (χ2n) is 4.32. The fourth-order valence-electron chi connectivity index (χ4n) is 0.833. The van der Waals surface area contributed by atoms with Gasteiger partial charge in [-0.1, -0.05) is 6.08 Å². The molecule has 0 aromatic rings. The molecule has 0 saturated heterocycles. The maximum absolute atomic E-state index is 11.3. The zero-order valence-electron chi connectivity index (χ0n) is 10.4. The van der Waals surface area contributed by atoms with Crippen LogP contribution >= 0.6 is 0 Å². The summed E-state index contributed by atoms with van der Waals surface area (Å²) in [6.07, 6.45) is 2.26. The number of amides is 1. The van der Waals surface area contributed by atoms with Gasteiger partial charge in [-0.25, -0.2) is 9.59 Å². The molecule has 5 nitrogen and oxygen atoms in total. The average Bonchev–Trinajstić information content (AvgIpc) is 2.10. The largest absolute Gasteiger partial charge is 0.466 e. The molecule has 0 rings (SSSR count). The van der Waals surface area contributed by atoms with Gasteiger partial charge in [0.25, 0.3) is 0 Å². The van der Waals surface area contributed by atoms with E-state index >= 15 is 0 Å². The lowest BCUT2D eigenvalue weighted by Gasteiger charge is -2.20. The maximum Gasteiger partial charge on any atom is 0.408 e. The molecule has 1 amide bonds. The summed E-state index contributed by atoms with van der Waals surface area (Å²) in [6.45, 7) is 7.06. The van der Waals surface area contributed by atoms with Crippen LogP contribution in [0.2, 0.25) is 0 Å². The molecule has 0 fully saturated rings. The van der Waals surface area contributed by atoms with Gasteiger partial charge >= 0.3 is 12.1 Å². The topological polar surface area (TPSA) is 64.6 Å². The van der Waals surface area contributed by atoms with Crippen molar-refractivity contribution in [2.45, 2.75) is 39.3 Å². The van der Waals surface area contributed by atoms with E-state index in [9.17, 15) is 9.59 Å². The van der Waals surface area contributed by atoms with Crippen LogP contribution in [0.25, 0.3) is 0 Å². The molecule has 0 radical (unpaired) electrons. The molecule has 0 aromatic heterocycles. The summed E-state index contributed by atoms with van der Waals surface area (Å²) in [5, 5.41) is 2.56. The molecule has 1 N–H and O–H groups in total. The summed E-state index contributed by atoms with van der Waals surface area (Å²) in [4.78, 5) is 22.1. The van der Waals surface area contributed by atoms with Crippen molar-refractivity contribution in [3.8, 4) is 0 Å². The van der Waals surface area contributed by atoms with Crippen molar-refractivity contribution in [2.75, 3.05) is 7.11 Å². The molecule has 0 aliphatic heterocycles. The Morgan fingerprint density at radius 3 is 2.31 bits per heavy atom. The highest BCUT2D eigenvalue weighted by molar-refractivity contribution is 5.82. The van der Waals surface area contributed by atoms with Crippen LogP contribution in [0.3, 0.4) is 0 Å². The van der Waals surface area contributed by atoms with Gasteiger partial charge in [0.05, 0.1) is 7.11 Å². The number of ether oxygens (including phenoxy) is 2. The van der Waals surface area contributed by atoms with Crippen LogP contribution in [-0.2, 0) is 14.3 Å². The second-order valence-corrected chi connectivity index (χ2v) is 4.32. The molecule has 0 aliphatic carbocycles. The Balaban J connectivity index is 4.06. The average molecular weight is 229 g/mol. The molecule has 16 heavy (non-hydrogen) atoms. The molecule has 0 aliphatic rings. The lowest BCUT2D eigenvalue weighted by Crippen LogP contribution is -2.36. The summed E-state index contributed by atoms with van der Waals surface area (Å²) < 4.78 is 9.46. The first-order valence-electron chi connectivity index (χ1n) is 5.00. The Morgan fingerprint density at radius 1 is 1.31 bits per heavy atom. The monoisotopic (exact) mass is 229 g/mol. The van der Waals surface area contributed by atoms with Gasteiger partial charge in [-0.05, 0) is 27.7 Å². The minimum absolute atomic E-state index is 0.297. The van der Waals surface area contributed by atoms with Gasteiger partial charge in [-0.15, -0.1) is 0 Å². The number of esters is 1. The zero-order valence-corrected chi connectivity index (χ0v) is 10.4. The normalized spacial score (nSPS) is 13.3. The van der Waals surface area contributed by atoms with Crippen molar-refractivity contribution in [3.63, 3.8) is 0 Å². The van der Waals surface area contributed by atoms with E-state index in [1.54, 1.807) is 27.7 Å². The van der Waals surface area contributed by atoms with E-state index < -0.39 is 17.7 Å². The molecule has 0 aromatic carbocycles. The first-order valence-corrected chi connectivity index (χ1v) is 5.00. The maximum atomic E-state index is 11.3. The molecular formula is C11H19NO4. The Morgan fingerprint density at radius 2 is 1.88 bits per heavy atom.